The van der Waals surface area contributed by atoms with Gasteiger partial charge in [-0.05, 0) is 56.1 Å². The number of Topliss-reactive ketones (excluding diaryl/α,β-unsaturated/α-hetero) is 1. The van der Waals surface area contributed by atoms with E-state index in [1.807, 2.05) is 18.2 Å². The number of carbonyl (C=O) groups is 1. The van der Waals surface area contributed by atoms with Crippen LogP contribution in [0.4, 0.5) is 0 Å². The standard InChI is InChI=1S/C18H25NO2.ClH/c1-2-14(13-19-9-4-3-5-10-19)18(20)16-6-7-17-15(12-16)8-11-21-17;/h6-7,12,14H,2-5,8-11,13H2,1H3;1H. The number of piperidine rings is 1. The van der Waals surface area contributed by atoms with Gasteiger partial charge in [-0.15, -0.1) is 12.4 Å². The average Bonchev–Trinajstić information content (AvgIpc) is 3.00. The number of likely N-dealkylation sites (tertiary alicyclic amines) is 1. The Balaban J connectivity index is 0.00000176. The summed E-state index contributed by atoms with van der Waals surface area (Å²) in [5.41, 5.74) is 2.05. The van der Waals surface area contributed by atoms with Gasteiger partial charge in [-0.1, -0.05) is 13.3 Å². The highest BCUT2D eigenvalue weighted by Crippen LogP contribution is 2.27. The summed E-state index contributed by atoms with van der Waals surface area (Å²) in [7, 11) is 0. The molecule has 0 radical (unpaired) electrons. The highest BCUT2D eigenvalue weighted by atomic mass is 35.5. The zero-order valence-electron chi connectivity index (χ0n) is 13.3. The van der Waals surface area contributed by atoms with Gasteiger partial charge in [-0.25, -0.2) is 0 Å². The van der Waals surface area contributed by atoms with Crippen molar-refractivity contribution < 1.29 is 9.53 Å². The van der Waals surface area contributed by atoms with Crippen molar-refractivity contribution in [3.05, 3.63) is 29.3 Å². The van der Waals surface area contributed by atoms with E-state index in [0.29, 0.717) is 5.78 Å². The zero-order chi connectivity index (χ0) is 14.7. The molecule has 2 aliphatic rings. The van der Waals surface area contributed by atoms with Crippen LogP contribution in [0.5, 0.6) is 5.75 Å². The lowest BCUT2D eigenvalue weighted by Gasteiger charge is -2.29. The van der Waals surface area contributed by atoms with Crippen LogP contribution in [0, 0.1) is 5.92 Å². The van der Waals surface area contributed by atoms with Crippen molar-refractivity contribution in [2.75, 3.05) is 26.2 Å². The van der Waals surface area contributed by atoms with E-state index in [0.717, 1.165) is 50.4 Å². The predicted molar refractivity (Wildman–Crippen MR) is 91.3 cm³/mol. The van der Waals surface area contributed by atoms with Crippen LogP contribution in [-0.4, -0.2) is 36.9 Å². The van der Waals surface area contributed by atoms with Crippen molar-refractivity contribution in [2.24, 2.45) is 5.92 Å². The predicted octanol–water partition coefficient (Wildman–Crippen LogP) is 3.74. The molecule has 0 amide bonds. The van der Waals surface area contributed by atoms with Crippen LogP contribution >= 0.6 is 12.4 Å². The normalized spacial score (nSPS) is 19.0. The first kappa shape index (κ1) is 17.3. The molecule has 0 aromatic heterocycles. The molecule has 3 nitrogen and oxygen atoms in total. The van der Waals surface area contributed by atoms with Crippen molar-refractivity contribution in [1.29, 1.82) is 0 Å². The van der Waals surface area contributed by atoms with E-state index in [-0.39, 0.29) is 18.3 Å². The van der Waals surface area contributed by atoms with Gasteiger partial charge in [0, 0.05) is 24.4 Å². The molecule has 1 atom stereocenters. The van der Waals surface area contributed by atoms with E-state index in [4.69, 9.17) is 4.74 Å². The molecule has 1 unspecified atom stereocenters. The van der Waals surface area contributed by atoms with E-state index < -0.39 is 0 Å². The molecule has 3 rings (SSSR count). The minimum absolute atomic E-state index is 0. The van der Waals surface area contributed by atoms with Crippen LogP contribution in [0.3, 0.4) is 0 Å². The van der Waals surface area contributed by atoms with E-state index in [1.165, 1.54) is 24.8 Å². The molecule has 0 bridgehead atoms. The van der Waals surface area contributed by atoms with Gasteiger partial charge in [0.2, 0.25) is 0 Å². The Morgan fingerprint density at radius 2 is 2.05 bits per heavy atom. The van der Waals surface area contributed by atoms with E-state index in [1.54, 1.807) is 0 Å². The first-order valence-electron chi connectivity index (χ1n) is 8.30. The number of ketones is 1. The maximum Gasteiger partial charge on any atom is 0.167 e. The monoisotopic (exact) mass is 323 g/mol. The number of fused-ring (bicyclic) bond motifs is 1. The maximum atomic E-state index is 12.8. The second-order valence-electron chi connectivity index (χ2n) is 6.25. The fraction of sp³-hybridized carbons (Fsp3) is 0.611. The van der Waals surface area contributed by atoms with Gasteiger partial charge in [0.1, 0.15) is 5.75 Å². The minimum Gasteiger partial charge on any atom is -0.493 e. The summed E-state index contributed by atoms with van der Waals surface area (Å²) in [6.45, 7) is 6.10. The molecule has 4 heteroatoms. The average molecular weight is 324 g/mol. The summed E-state index contributed by atoms with van der Waals surface area (Å²) < 4.78 is 5.52. The lowest BCUT2D eigenvalue weighted by molar-refractivity contribution is 0.0863. The van der Waals surface area contributed by atoms with Gasteiger partial charge in [-0.2, -0.15) is 0 Å². The number of rotatable bonds is 5. The molecule has 1 saturated heterocycles. The fourth-order valence-electron chi connectivity index (χ4n) is 3.43. The smallest absolute Gasteiger partial charge is 0.167 e. The highest BCUT2D eigenvalue weighted by molar-refractivity contribution is 5.98. The molecule has 0 N–H and O–H groups in total. The summed E-state index contributed by atoms with van der Waals surface area (Å²) in [5, 5.41) is 0. The Hall–Kier alpha value is -1.06. The van der Waals surface area contributed by atoms with Gasteiger partial charge in [0.05, 0.1) is 6.61 Å². The summed E-state index contributed by atoms with van der Waals surface area (Å²) in [6.07, 6.45) is 5.75. The lowest BCUT2D eigenvalue weighted by Crippen LogP contribution is -2.36. The topological polar surface area (TPSA) is 29.5 Å². The Bertz CT molecular complexity index is 512. The summed E-state index contributed by atoms with van der Waals surface area (Å²) in [4.78, 5) is 15.2. The van der Waals surface area contributed by atoms with Gasteiger partial charge in [-0.3, -0.25) is 4.79 Å². The van der Waals surface area contributed by atoms with Crippen LogP contribution in [0.15, 0.2) is 18.2 Å². The number of nitrogens with zero attached hydrogens (tertiary/aromatic N) is 1. The zero-order valence-corrected chi connectivity index (χ0v) is 14.2. The molecule has 1 aromatic carbocycles. The number of benzene rings is 1. The first-order valence-corrected chi connectivity index (χ1v) is 8.30. The lowest BCUT2D eigenvalue weighted by atomic mass is 9.92. The third-order valence-corrected chi connectivity index (χ3v) is 4.76. The van der Waals surface area contributed by atoms with Crippen LogP contribution in [0.1, 0.15) is 48.5 Å². The van der Waals surface area contributed by atoms with Crippen molar-refractivity contribution in [2.45, 2.75) is 39.0 Å². The molecule has 1 fully saturated rings. The van der Waals surface area contributed by atoms with E-state index in [9.17, 15) is 4.79 Å². The summed E-state index contributed by atoms with van der Waals surface area (Å²) in [5.74, 6) is 1.39. The highest BCUT2D eigenvalue weighted by Gasteiger charge is 2.23. The SMILES string of the molecule is CCC(CN1CCCCC1)C(=O)c1ccc2c(c1)CCO2.Cl. The molecule has 2 heterocycles. The Kier molecular flexibility index (Phi) is 6.27. The van der Waals surface area contributed by atoms with Gasteiger partial charge >= 0.3 is 0 Å². The fourth-order valence-corrected chi connectivity index (χ4v) is 3.43. The van der Waals surface area contributed by atoms with Gasteiger partial charge in [0.25, 0.3) is 0 Å². The van der Waals surface area contributed by atoms with Crippen LogP contribution in [-0.2, 0) is 6.42 Å². The van der Waals surface area contributed by atoms with E-state index in [2.05, 4.69) is 11.8 Å². The molecule has 2 aliphatic heterocycles. The maximum absolute atomic E-state index is 12.8. The molecule has 22 heavy (non-hydrogen) atoms. The van der Waals surface area contributed by atoms with Crippen LogP contribution in [0.25, 0.3) is 0 Å². The molecule has 1 aromatic rings. The first-order chi connectivity index (χ1) is 10.3. The minimum atomic E-state index is 0. The number of hydrogen-bond donors (Lipinski definition) is 0. The Morgan fingerprint density at radius 1 is 1.27 bits per heavy atom. The van der Waals surface area contributed by atoms with Crippen molar-refractivity contribution in [3.63, 3.8) is 0 Å². The Morgan fingerprint density at radius 3 is 2.77 bits per heavy atom. The molecule has 0 spiro atoms. The van der Waals surface area contributed by atoms with Crippen LogP contribution in [0.2, 0.25) is 0 Å². The van der Waals surface area contributed by atoms with Gasteiger partial charge < -0.3 is 9.64 Å². The van der Waals surface area contributed by atoms with E-state index >= 15 is 0 Å². The molecule has 122 valence electrons. The van der Waals surface area contributed by atoms with Gasteiger partial charge in [0.15, 0.2) is 5.78 Å². The second-order valence-corrected chi connectivity index (χ2v) is 6.25. The summed E-state index contributed by atoms with van der Waals surface area (Å²) >= 11 is 0. The van der Waals surface area contributed by atoms with Crippen LogP contribution < -0.4 is 4.74 Å². The van der Waals surface area contributed by atoms with Crippen molar-refractivity contribution in [3.8, 4) is 5.75 Å². The summed E-state index contributed by atoms with van der Waals surface area (Å²) in [6, 6.07) is 5.94. The van der Waals surface area contributed by atoms with Crippen molar-refractivity contribution in [1.82, 2.24) is 4.90 Å². The number of carbonyl (C=O) groups excluding carboxylic acids is 1. The number of ether oxygens (including phenoxy) is 1. The largest absolute Gasteiger partial charge is 0.493 e. The quantitative estimate of drug-likeness (QED) is 0.773. The third kappa shape index (κ3) is 3.82. The number of hydrogen-bond acceptors (Lipinski definition) is 3. The molecule has 0 aliphatic carbocycles. The second kappa shape index (κ2) is 7.98. The van der Waals surface area contributed by atoms with Crippen molar-refractivity contribution >= 4 is 18.2 Å². The molecular weight excluding hydrogens is 298 g/mol. The molecule has 0 saturated carbocycles. The Labute approximate surface area is 139 Å². The number of halogens is 1. The third-order valence-electron chi connectivity index (χ3n) is 4.76. The molecular formula is C18H26ClNO2.